The predicted octanol–water partition coefficient (Wildman–Crippen LogP) is 0.749. The maximum Gasteiger partial charge on any atom is 0.312 e. The number of hydrogen-bond acceptors (Lipinski definition) is 6. The second-order valence-corrected chi connectivity index (χ2v) is 6.58. The van der Waals surface area contributed by atoms with Gasteiger partial charge in [0.05, 0.1) is 23.5 Å². The summed E-state index contributed by atoms with van der Waals surface area (Å²) in [5.41, 5.74) is -0.404. The number of rotatable bonds is 5. The zero-order chi connectivity index (χ0) is 15.6. The molecule has 0 bridgehead atoms. The van der Waals surface area contributed by atoms with Crippen LogP contribution in [0, 0.1) is 10.1 Å². The fourth-order valence-electron chi connectivity index (χ4n) is 2.42. The van der Waals surface area contributed by atoms with Gasteiger partial charge in [0.1, 0.15) is 0 Å². The Morgan fingerprint density at radius 3 is 2.81 bits per heavy atom. The molecule has 0 radical (unpaired) electrons. The number of benzene rings is 1. The minimum Gasteiger partial charge on any atom is -0.490 e. The molecule has 1 heterocycles. The Balaban J connectivity index is 2.45. The molecule has 21 heavy (non-hydrogen) atoms. The molecule has 1 aliphatic heterocycles. The normalized spacial score (nSPS) is 19.6. The summed E-state index contributed by atoms with van der Waals surface area (Å²) in [5.74, 6) is -0.000852. The lowest BCUT2D eigenvalue weighted by Gasteiger charge is -2.22. The Morgan fingerprint density at radius 1 is 1.52 bits per heavy atom. The molecule has 1 saturated heterocycles. The fourth-order valence-corrected chi connectivity index (χ4v) is 4.12. The number of hydrogen-bond donors (Lipinski definition) is 1. The highest BCUT2D eigenvalue weighted by atomic mass is 32.2. The lowest BCUT2D eigenvalue weighted by atomic mass is 10.2. The van der Waals surface area contributed by atoms with Crippen molar-refractivity contribution >= 4 is 15.7 Å². The van der Waals surface area contributed by atoms with Crippen LogP contribution in [-0.2, 0) is 10.0 Å². The van der Waals surface area contributed by atoms with Crippen LogP contribution in [0.4, 0.5) is 5.69 Å². The predicted molar refractivity (Wildman–Crippen MR) is 73.6 cm³/mol. The summed E-state index contributed by atoms with van der Waals surface area (Å²) in [6.45, 7) is 0.0326. The first-order valence-electron chi connectivity index (χ1n) is 6.37. The summed E-state index contributed by atoms with van der Waals surface area (Å²) in [4.78, 5) is 10.1. The zero-order valence-electron chi connectivity index (χ0n) is 11.4. The molecule has 0 spiro atoms. The van der Waals surface area contributed by atoms with Crippen molar-refractivity contribution in [1.82, 2.24) is 4.31 Å². The van der Waals surface area contributed by atoms with Crippen molar-refractivity contribution in [2.45, 2.75) is 23.8 Å². The van der Waals surface area contributed by atoms with Crippen molar-refractivity contribution < 1.29 is 23.2 Å². The first-order valence-corrected chi connectivity index (χ1v) is 7.81. The monoisotopic (exact) mass is 316 g/mol. The van der Waals surface area contributed by atoms with E-state index < -0.39 is 26.7 Å². The number of nitrogens with zero attached hydrogens (tertiary/aromatic N) is 2. The summed E-state index contributed by atoms with van der Waals surface area (Å²) < 4.78 is 31.1. The van der Waals surface area contributed by atoms with E-state index in [0.717, 1.165) is 6.07 Å². The van der Waals surface area contributed by atoms with Gasteiger partial charge in [0, 0.05) is 18.7 Å². The highest BCUT2D eigenvalue weighted by Crippen LogP contribution is 2.32. The second-order valence-electron chi connectivity index (χ2n) is 4.69. The highest BCUT2D eigenvalue weighted by molar-refractivity contribution is 7.89. The van der Waals surface area contributed by atoms with Crippen LogP contribution in [0.3, 0.4) is 0 Å². The number of sulfonamides is 1. The second kappa shape index (κ2) is 5.96. The van der Waals surface area contributed by atoms with Crippen LogP contribution in [0.25, 0.3) is 0 Å². The molecule has 1 aliphatic rings. The quantitative estimate of drug-likeness (QED) is 0.634. The van der Waals surface area contributed by atoms with Gasteiger partial charge in [-0.3, -0.25) is 10.1 Å². The maximum absolute atomic E-state index is 12.5. The van der Waals surface area contributed by atoms with Crippen molar-refractivity contribution in [1.29, 1.82) is 0 Å². The molecular formula is C12H16N2O6S. The molecule has 2 rings (SSSR count). The van der Waals surface area contributed by atoms with Gasteiger partial charge in [-0.15, -0.1) is 0 Å². The highest BCUT2D eigenvalue weighted by Gasteiger charge is 2.35. The van der Waals surface area contributed by atoms with Crippen molar-refractivity contribution in [2.24, 2.45) is 0 Å². The van der Waals surface area contributed by atoms with E-state index in [1.165, 1.54) is 23.5 Å². The van der Waals surface area contributed by atoms with Crippen LogP contribution in [0.15, 0.2) is 23.1 Å². The number of methoxy groups -OCH3 is 1. The molecule has 0 amide bonds. The molecule has 0 aliphatic carbocycles. The van der Waals surface area contributed by atoms with Gasteiger partial charge in [0.25, 0.3) is 0 Å². The minimum atomic E-state index is -3.87. The van der Waals surface area contributed by atoms with Gasteiger partial charge >= 0.3 is 5.69 Å². The van der Waals surface area contributed by atoms with E-state index in [4.69, 9.17) is 4.74 Å². The van der Waals surface area contributed by atoms with E-state index >= 15 is 0 Å². The summed E-state index contributed by atoms with van der Waals surface area (Å²) >= 11 is 0. The Morgan fingerprint density at radius 2 is 2.24 bits per heavy atom. The van der Waals surface area contributed by atoms with Crippen molar-refractivity contribution in [2.75, 3.05) is 20.3 Å². The first kappa shape index (κ1) is 15.7. The van der Waals surface area contributed by atoms with E-state index in [9.17, 15) is 23.6 Å². The molecule has 8 nitrogen and oxygen atoms in total. The summed E-state index contributed by atoms with van der Waals surface area (Å²) in [5, 5.41) is 20.2. The largest absolute Gasteiger partial charge is 0.490 e. The number of ether oxygens (including phenoxy) is 1. The van der Waals surface area contributed by atoms with Crippen molar-refractivity contribution in [3.05, 3.63) is 28.3 Å². The van der Waals surface area contributed by atoms with Crippen LogP contribution >= 0.6 is 0 Å². The Bertz CT molecular complexity index is 645. The average molecular weight is 316 g/mol. The van der Waals surface area contributed by atoms with E-state index in [-0.39, 0.29) is 17.3 Å². The van der Waals surface area contributed by atoms with Gasteiger partial charge in [-0.05, 0) is 25.0 Å². The van der Waals surface area contributed by atoms with Crippen LogP contribution in [-0.4, -0.2) is 49.1 Å². The molecule has 0 saturated carbocycles. The maximum atomic E-state index is 12.5. The Kier molecular flexibility index (Phi) is 4.45. The lowest BCUT2D eigenvalue weighted by molar-refractivity contribution is -0.386. The van der Waals surface area contributed by atoms with Gasteiger partial charge in [-0.1, -0.05) is 0 Å². The summed E-state index contributed by atoms with van der Waals surface area (Å²) in [7, 11) is -2.59. The zero-order valence-corrected chi connectivity index (χ0v) is 12.2. The summed E-state index contributed by atoms with van der Waals surface area (Å²) in [6, 6.07) is 3.04. The van der Waals surface area contributed by atoms with E-state index in [0.29, 0.717) is 19.4 Å². The van der Waals surface area contributed by atoms with Gasteiger partial charge < -0.3 is 9.84 Å². The van der Waals surface area contributed by atoms with Gasteiger partial charge in [-0.25, -0.2) is 8.42 Å². The average Bonchev–Trinajstić information content (AvgIpc) is 2.95. The van der Waals surface area contributed by atoms with Crippen molar-refractivity contribution in [3.8, 4) is 5.75 Å². The number of nitro benzene ring substituents is 1. The third-order valence-corrected chi connectivity index (χ3v) is 5.44. The minimum absolute atomic E-state index is 0.000852. The molecule has 0 aromatic heterocycles. The molecule has 116 valence electrons. The molecule has 1 fully saturated rings. The third-order valence-electron chi connectivity index (χ3n) is 3.49. The lowest BCUT2D eigenvalue weighted by Crippen LogP contribution is -2.37. The fraction of sp³-hybridized carbons (Fsp3) is 0.500. The van der Waals surface area contributed by atoms with Gasteiger partial charge in [0.15, 0.2) is 5.75 Å². The van der Waals surface area contributed by atoms with Gasteiger partial charge in [-0.2, -0.15) is 4.31 Å². The van der Waals surface area contributed by atoms with E-state index in [2.05, 4.69) is 0 Å². The topological polar surface area (TPSA) is 110 Å². The smallest absolute Gasteiger partial charge is 0.312 e. The van der Waals surface area contributed by atoms with Crippen molar-refractivity contribution in [3.63, 3.8) is 0 Å². The Hall–Kier alpha value is -1.71. The SMILES string of the molecule is COc1ccc(S(=O)(=O)N2CCC[C@@H]2CO)cc1[N+](=O)[O-]. The van der Waals surface area contributed by atoms with Crippen LogP contribution < -0.4 is 4.74 Å². The van der Waals surface area contributed by atoms with Gasteiger partial charge in [0.2, 0.25) is 10.0 Å². The third kappa shape index (κ3) is 2.85. The van der Waals surface area contributed by atoms with Crippen LogP contribution in [0.5, 0.6) is 5.75 Å². The molecular weight excluding hydrogens is 300 g/mol. The molecule has 1 aromatic rings. The standard InChI is InChI=1S/C12H16N2O6S/c1-20-12-5-4-10(7-11(12)14(16)17)21(18,19)13-6-2-3-9(13)8-15/h4-5,7,9,15H,2-3,6,8H2,1H3/t9-/m1/s1. The molecule has 1 atom stereocenters. The van der Waals surface area contributed by atoms with E-state index in [1.54, 1.807) is 0 Å². The molecule has 9 heteroatoms. The van der Waals surface area contributed by atoms with Crippen LogP contribution in [0.1, 0.15) is 12.8 Å². The number of aliphatic hydroxyl groups is 1. The first-order chi connectivity index (χ1) is 9.91. The molecule has 0 unspecified atom stereocenters. The Labute approximate surface area is 122 Å². The van der Waals surface area contributed by atoms with E-state index in [1.807, 2.05) is 0 Å². The van der Waals surface area contributed by atoms with Crippen LogP contribution in [0.2, 0.25) is 0 Å². The molecule has 1 aromatic carbocycles. The number of nitro groups is 1. The summed E-state index contributed by atoms with van der Waals surface area (Å²) in [6.07, 6.45) is 1.23. The number of aliphatic hydroxyl groups excluding tert-OH is 1. The molecule has 1 N–H and O–H groups in total.